The fourth-order valence-corrected chi connectivity index (χ4v) is 4.01. The molecule has 1 N–H and O–H groups in total. The van der Waals surface area contributed by atoms with Crippen molar-refractivity contribution >= 4 is 11.8 Å². The van der Waals surface area contributed by atoms with E-state index in [1.807, 2.05) is 47.1 Å². The Morgan fingerprint density at radius 1 is 1.15 bits per heavy atom. The second-order valence-electron chi connectivity index (χ2n) is 6.99. The average molecular weight is 360 g/mol. The van der Waals surface area contributed by atoms with Gasteiger partial charge in [-0.15, -0.1) is 0 Å². The van der Waals surface area contributed by atoms with E-state index in [0.29, 0.717) is 45.5 Å². The summed E-state index contributed by atoms with van der Waals surface area (Å²) in [7, 11) is 0. The van der Waals surface area contributed by atoms with Crippen molar-refractivity contribution in [2.75, 3.05) is 32.8 Å². The zero-order valence-electron chi connectivity index (χ0n) is 15.3. The molecule has 2 fully saturated rings. The van der Waals surface area contributed by atoms with Gasteiger partial charge in [-0.2, -0.15) is 0 Å². The summed E-state index contributed by atoms with van der Waals surface area (Å²) in [6, 6.07) is 9.51. The molecule has 2 saturated heterocycles. The summed E-state index contributed by atoms with van der Waals surface area (Å²) in [6.45, 7) is 4.01. The second kappa shape index (κ2) is 8.64. The first-order valence-corrected chi connectivity index (χ1v) is 9.51. The number of hydrogen-bond donors (Lipinski definition) is 1. The summed E-state index contributed by atoms with van der Waals surface area (Å²) in [5, 5.41) is 9.75. The van der Waals surface area contributed by atoms with Crippen LogP contribution in [0, 0.1) is 5.92 Å². The fourth-order valence-electron chi connectivity index (χ4n) is 4.01. The van der Waals surface area contributed by atoms with E-state index in [1.54, 1.807) is 0 Å². The number of aliphatic hydroxyl groups excluding tert-OH is 1. The molecule has 1 aromatic rings. The maximum absolute atomic E-state index is 13.2. The summed E-state index contributed by atoms with van der Waals surface area (Å²) >= 11 is 0. The van der Waals surface area contributed by atoms with Crippen LogP contribution in [0.3, 0.4) is 0 Å². The van der Waals surface area contributed by atoms with E-state index in [4.69, 9.17) is 4.74 Å². The third-order valence-electron chi connectivity index (χ3n) is 5.46. The molecule has 3 rings (SSSR count). The zero-order valence-corrected chi connectivity index (χ0v) is 15.3. The van der Waals surface area contributed by atoms with Gasteiger partial charge in [-0.1, -0.05) is 37.3 Å². The molecule has 0 saturated carbocycles. The number of likely N-dealkylation sites (tertiary alicyclic amines) is 1. The van der Waals surface area contributed by atoms with Crippen molar-refractivity contribution in [1.29, 1.82) is 0 Å². The zero-order chi connectivity index (χ0) is 18.5. The molecular weight excluding hydrogens is 332 g/mol. The highest BCUT2D eigenvalue weighted by Gasteiger charge is 2.39. The number of nitrogens with zero attached hydrogens (tertiary/aromatic N) is 2. The van der Waals surface area contributed by atoms with E-state index in [9.17, 15) is 14.7 Å². The molecule has 2 heterocycles. The van der Waals surface area contributed by atoms with Gasteiger partial charge in [-0.25, -0.2) is 0 Å². The Balaban J connectivity index is 1.73. The van der Waals surface area contributed by atoms with Gasteiger partial charge >= 0.3 is 0 Å². The van der Waals surface area contributed by atoms with Crippen LogP contribution in [0.1, 0.15) is 37.8 Å². The molecule has 0 spiro atoms. The van der Waals surface area contributed by atoms with Gasteiger partial charge in [0.1, 0.15) is 6.10 Å². The first-order valence-electron chi connectivity index (χ1n) is 9.51. The topological polar surface area (TPSA) is 70.1 Å². The monoisotopic (exact) mass is 360 g/mol. The van der Waals surface area contributed by atoms with Crippen molar-refractivity contribution in [3.63, 3.8) is 0 Å². The summed E-state index contributed by atoms with van der Waals surface area (Å²) in [6.07, 6.45) is 1.51. The van der Waals surface area contributed by atoms with Crippen LogP contribution in [-0.2, 0) is 14.3 Å². The van der Waals surface area contributed by atoms with Crippen LogP contribution < -0.4 is 0 Å². The lowest BCUT2D eigenvalue weighted by Gasteiger charge is -2.43. The lowest BCUT2D eigenvalue weighted by molar-refractivity contribution is -0.156. The Morgan fingerprint density at radius 2 is 1.85 bits per heavy atom. The minimum atomic E-state index is -0.406. The van der Waals surface area contributed by atoms with E-state index in [2.05, 4.69) is 0 Å². The molecule has 6 heteroatoms. The largest absolute Gasteiger partial charge is 0.394 e. The molecule has 1 aromatic carbocycles. The Kier molecular flexibility index (Phi) is 6.27. The number of piperidine rings is 1. The highest BCUT2D eigenvalue weighted by Crippen LogP contribution is 2.32. The van der Waals surface area contributed by atoms with E-state index in [0.717, 1.165) is 5.56 Å². The van der Waals surface area contributed by atoms with Gasteiger partial charge in [0, 0.05) is 32.0 Å². The van der Waals surface area contributed by atoms with Crippen LogP contribution in [0.15, 0.2) is 30.3 Å². The maximum Gasteiger partial charge on any atom is 0.226 e. The molecular formula is C20H28N2O4. The van der Waals surface area contributed by atoms with Crippen LogP contribution >= 0.6 is 0 Å². The van der Waals surface area contributed by atoms with Crippen LogP contribution in [-0.4, -0.2) is 65.7 Å². The van der Waals surface area contributed by atoms with Crippen molar-refractivity contribution < 1.29 is 19.4 Å². The number of rotatable bonds is 4. The van der Waals surface area contributed by atoms with Crippen molar-refractivity contribution in [2.45, 2.75) is 38.3 Å². The number of ether oxygens (including phenoxy) is 1. The lowest BCUT2D eigenvalue weighted by Crippen LogP contribution is -2.52. The van der Waals surface area contributed by atoms with Crippen LogP contribution in [0.4, 0.5) is 0 Å². The number of amides is 2. The van der Waals surface area contributed by atoms with Crippen LogP contribution in [0.2, 0.25) is 0 Å². The molecule has 2 aliphatic rings. The number of hydrogen-bond acceptors (Lipinski definition) is 4. The molecule has 0 radical (unpaired) electrons. The van der Waals surface area contributed by atoms with Gasteiger partial charge in [0.2, 0.25) is 11.8 Å². The smallest absolute Gasteiger partial charge is 0.226 e. The van der Waals surface area contributed by atoms with Crippen molar-refractivity contribution in [3.8, 4) is 0 Å². The van der Waals surface area contributed by atoms with E-state index in [-0.39, 0.29) is 30.4 Å². The third kappa shape index (κ3) is 3.91. The number of morpholine rings is 1. The van der Waals surface area contributed by atoms with Gasteiger partial charge < -0.3 is 19.6 Å². The first kappa shape index (κ1) is 18.9. The Labute approximate surface area is 154 Å². The van der Waals surface area contributed by atoms with Crippen molar-refractivity contribution in [3.05, 3.63) is 35.9 Å². The number of carbonyl (C=O) groups is 2. The van der Waals surface area contributed by atoms with Crippen molar-refractivity contribution in [2.24, 2.45) is 5.92 Å². The van der Waals surface area contributed by atoms with Gasteiger partial charge in [-0.3, -0.25) is 9.59 Å². The van der Waals surface area contributed by atoms with E-state index >= 15 is 0 Å². The molecule has 2 aliphatic heterocycles. The maximum atomic E-state index is 13.2. The molecule has 0 bridgehead atoms. The molecule has 0 aromatic heterocycles. The highest BCUT2D eigenvalue weighted by atomic mass is 16.5. The Morgan fingerprint density at radius 3 is 2.46 bits per heavy atom. The van der Waals surface area contributed by atoms with Gasteiger partial charge in [0.15, 0.2) is 0 Å². The summed E-state index contributed by atoms with van der Waals surface area (Å²) in [4.78, 5) is 28.8. The van der Waals surface area contributed by atoms with E-state index in [1.165, 1.54) is 0 Å². The minimum Gasteiger partial charge on any atom is -0.394 e. The van der Waals surface area contributed by atoms with Gasteiger partial charge in [-0.05, 0) is 18.4 Å². The molecule has 6 nitrogen and oxygen atoms in total. The fraction of sp³-hybridized carbons (Fsp3) is 0.600. The standard InChI is InChI=1S/C20H28N2O4/c1-2-18(24)21-10-8-16(9-11-21)20(25)22-12-13-26-17(14-23)19(22)15-6-4-3-5-7-15/h3-7,16-17,19,23H,2,8-14H2,1H3/t17-,19-/m1/s1. The molecule has 26 heavy (non-hydrogen) atoms. The molecule has 142 valence electrons. The first-order chi connectivity index (χ1) is 12.7. The number of aliphatic hydroxyl groups is 1. The average Bonchev–Trinajstić information content (AvgIpc) is 2.72. The second-order valence-corrected chi connectivity index (χ2v) is 6.99. The molecule has 0 unspecified atom stereocenters. The van der Waals surface area contributed by atoms with Crippen LogP contribution in [0.25, 0.3) is 0 Å². The third-order valence-corrected chi connectivity index (χ3v) is 5.46. The minimum absolute atomic E-state index is 0.0699. The van der Waals surface area contributed by atoms with Crippen LogP contribution in [0.5, 0.6) is 0 Å². The molecule has 2 atom stereocenters. The predicted octanol–water partition coefficient (Wildman–Crippen LogP) is 1.60. The van der Waals surface area contributed by atoms with Gasteiger partial charge in [0.05, 0.1) is 19.3 Å². The Bertz CT molecular complexity index is 613. The normalized spacial score (nSPS) is 24.5. The summed E-state index contributed by atoms with van der Waals surface area (Å²) in [5.74, 6) is 0.202. The van der Waals surface area contributed by atoms with E-state index < -0.39 is 6.10 Å². The lowest BCUT2D eigenvalue weighted by atomic mass is 9.91. The summed E-state index contributed by atoms with van der Waals surface area (Å²) < 4.78 is 5.73. The Hall–Kier alpha value is -1.92. The molecule has 2 amide bonds. The number of benzene rings is 1. The quantitative estimate of drug-likeness (QED) is 0.885. The summed E-state index contributed by atoms with van der Waals surface area (Å²) in [5.41, 5.74) is 0.984. The highest BCUT2D eigenvalue weighted by molar-refractivity contribution is 5.80. The molecule has 0 aliphatic carbocycles. The SMILES string of the molecule is CCC(=O)N1CCC(C(=O)N2CCO[C@H](CO)[C@H]2c2ccccc2)CC1. The predicted molar refractivity (Wildman–Crippen MR) is 97.3 cm³/mol. The van der Waals surface area contributed by atoms with Gasteiger partial charge in [0.25, 0.3) is 0 Å². The van der Waals surface area contributed by atoms with Crippen molar-refractivity contribution in [1.82, 2.24) is 9.80 Å². The number of carbonyl (C=O) groups excluding carboxylic acids is 2.